The molecule has 5 rings (SSSR count). The third kappa shape index (κ3) is 5.87. The standard InChI is InChI=1S/C27H30N4O2S2/c1-18(2)33-27-7-6-24(34)13-26(27)21-15-28-30(16-21)8-9-35-25-11-19(10-23(12-25)32-3)20-14-29-31(17-20)22-4-5-22/h6-7,10-18,22,34H,4-5,8-9H2,1-3H3. The molecule has 4 aromatic rings. The molecule has 2 heterocycles. The van der Waals surface area contributed by atoms with Gasteiger partial charge in [-0.15, -0.1) is 24.4 Å². The molecule has 2 aromatic carbocycles. The summed E-state index contributed by atoms with van der Waals surface area (Å²) in [6, 6.07) is 12.9. The smallest absolute Gasteiger partial charge is 0.127 e. The Kier molecular flexibility index (Phi) is 7.11. The first-order valence-electron chi connectivity index (χ1n) is 11.9. The van der Waals surface area contributed by atoms with Crippen LogP contribution in [0.1, 0.15) is 32.7 Å². The number of methoxy groups -OCH3 is 1. The molecule has 6 nitrogen and oxygen atoms in total. The lowest BCUT2D eigenvalue weighted by atomic mass is 10.1. The molecule has 1 aliphatic rings. The predicted octanol–water partition coefficient (Wildman–Crippen LogP) is 6.63. The van der Waals surface area contributed by atoms with E-state index in [9.17, 15) is 0 Å². The number of rotatable bonds is 10. The van der Waals surface area contributed by atoms with Gasteiger partial charge in [-0.1, -0.05) is 0 Å². The van der Waals surface area contributed by atoms with Crippen LogP contribution in [0.25, 0.3) is 22.3 Å². The van der Waals surface area contributed by atoms with E-state index < -0.39 is 0 Å². The van der Waals surface area contributed by atoms with E-state index in [2.05, 4.69) is 58.1 Å². The average molecular weight is 507 g/mol. The van der Waals surface area contributed by atoms with E-state index in [1.807, 2.05) is 49.1 Å². The fourth-order valence-electron chi connectivity index (χ4n) is 3.95. The van der Waals surface area contributed by atoms with Crippen LogP contribution in [0, 0.1) is 0 Å². The summed E-state index contributed by atoms with van der Waals surface area (Å²) in [4.78, 5) is 2.07. The largest absolute Gasteiger partial charge is 0.497 e. The quantitative estimate of drug-likeness (QED) is 0.193. The zero-order valence-corrected chi connectivity index (χ0v) is 21.9. The topological polar surface area (TPSA) is 54.1 Å². The summed E-state index contributed by atoms with van der Waals surface area (Å²) in [6.07, 6.45) is 10.6. The van der Waals surface area contributed by atoms with Gasteiger partial charge in [0.1, 0.15) is 11.5 Å². The zero-order valence-electron chi connectivity index (χ0n) is 20.2. The van der Waals surface area contributed by atoms with E-state index >= 15 is 0 Å². The van der Waals surface area contributed by atoms with Crippen LogP contribution in [-0.4, -0.2) is 38.5 Å². The van der Waals surface area contributed by atoms with Gasteiger partial charge < -0.3 is 9.47 Å². The molecule has 0 radical (unpaired) electrons. The third-order valence-corrected chi connectivity index (χ3v) is 7.06. The molecule has 182 valence electrons. The first-order chi connectivity index (χ1) is 17.0. The number of hydrogen-bond donors (Lipinski definition) is 1. The van der Waals surface area contributed by atoms with Crippen LogP contribution >= 0.6 is 24.4 Å². The predicted molar refractivity (Wildman–Crippen MR) is 144 cm³/mol. The SMILES string of the molecule is COc1cc(SCCn2cc(-c3cc(S)ccc3OC(C)C)cn2)cc(-c2cnn(C3CC3)c2)c1. The van der Waals surface area contributed by atoms with E-state index in [1.165, 1.54) is 17.7 Å². The summed E-state index contributed by atoms with van der Waals surface area (Å²) in [5, 5.41) is 9.12. The van der Waals surface area contributed by atoms with E-state index in [0.29, 0.717) is 6.04 Å². The Morgan fingerprint density at radius 3 is 2.63 bits per heavy atom. The second-order valence-electron chi connectivity index (χ2n) is 9.03. The van der Waals surface area contributed by atoms with Crippen LogP contribution in [0.15, 0.2) is 71.0 Å². The van der Waals surface area contributed by atoms with Crippen molar-refractivity contribution in [3.63, 3.8) is 0 Å². The Labute approximate surface area is 216 Å². The van der Waals surface area contributed by atoms with Crippen molar-refractivity contribution in [2.75, 3.05) is 12.9 Å². The molecule has 0 unspecified atom stereocenters. The van der Waals surface area contributed by atoms with Gasteiger partial charge in [0, 0.05) is 44.6 Å². The number of hydrogen-bond acceptors (Lipinski definition) is 6. The van der Waals surface area contributed by atoms with E-state index in [4.69, 9.17) is 9.47 Å². The Bertz CT molecular complexity index is 1310. The molecule has 1 fully saturated rings. The molecule has 0 spiro atoms. The minimum Gasteiger partial charge on any atom is -0.497 e. The number of benzene rings is 2. The second kappa shape index (κ2) is 10.4. The maximum atomic E-state index is 6.00. The Balaban J connectivity index is 1.27. The summed E-state index contributed by atoms with van der Waals surface area (Å²) >= 11 is 6.30. The first kappa shape index (κ1) is 23.9. The number of thiol groups is 1. The van der Waals surface area contributed by atoms with Gasteiger partial charge in [0.25, 0.3) is 0 Å². The minimum atomic E-state index is 0.0989. The Morgan fingerprint density at radius 2 is 1.86 bits per heavy atom. The van der Waals surface area contributed by atoms with Gasteiger partial charge in [0.15, 0.2) is 0 Å². The van der Waals surface area contributed by atoms with Gasteiger partial charge >= 0.3 is 0 Å². The lowest BCUT2D eigenvalue weighted by Gasteiger charge is -2.14. The minimum absolute atomic E-state index is 0.0989. The molecule has 8 heteroatoms. The number of aromatic nitrogens is 4. The highest BCUT2D eigenvalue weighted by Crippen LogP contribution is 2.37. The fraction of sp³-hybridized carbons (Fsp3) is 0.333. The van der Waals surface area contributed by atoms with Crippen molar-refractivity contribution in [2.24, 2.45) is 0 Å². The Morgan fingerprint density at radius 1 is 1.03 bits per heavy atom. The maximum Gasteiger partial charge on any atom is 0.127 e. The lowest BCUT2D eigenvalue weighted by molar-refractivity contribution is 0.243. The molecule has 0 aliphatic heterocycles. The van der Waals surface area contributed by atoms with Crippen molar-refractivity contribution < 1.29 is 9.47 Å². The molecule has 0 N–H and O–H groups in total. The van der Waals surface area contributed by atoms with Crippen LogP contribution in [-0.2, 0) is 6.54 Å². The van der Waals surface area contributed by atoms with Gasteiger partial charge in [-0.05, 0) is 68.7 Å². The monoisotopic (exact) mass is 506 g/mol. The first-order valence-corrected chi connectivity index (χ1v) is 13.3. The molecule has 0 saturated heterocycles. The summed E-state index contributed by atoms with van der Waals surface area (Å²) in [6.45, 7) is 4.85. The van der Waals surface area contributed by atoms with Crippen molar-refractivity contribution in [1.82, 2.24) is 19.6 Å². The molecule has 1 saturated carbocycles. The highest BCUT2D eigenvalue weighted by molar-refractivity contribution is 7.99. The molecule has 0 atom stereocenters. The van der Waals surface area contributed by atoms with Crippen LogP contribution < -0.4 is 9.47 Å². The van der Waals surface area contributed by atoms with Crippen molar-refractivity contribution in [3.05, 3.63) is 61.2 Å². The maximum absolute atomic E-state index is 6.00. The fourth-order valence-corrected chi connectivity index (χ4v) is 5.08. The van der Waals surface area contributed by atoms with Crippen LogP contribution in [0.3, 0.4) is 0 Å². The van der Waals surface area contributed by atoms with Crippen molar-refractivity contribution in [3.8, 4) is 33.8 Å². The normalized spacial score (nSPS) is 13.4. The van der Waals surface area contributed by atoms with Crippen LogP contribution in [0.4, 0.5) is 0 Å². The Hall–Kier alpha value is -2.84. The van der Waals surface area contributed by atoms with E-state index in [0.717, 1.165) is 50.9 Å². The molecule has 35 heavy (non-hydrogen) atoms. The van der Waals surface area contributed by atoms with Crippen LogP contribution in [0.2, 0.25) is 0 Å². The molecule has 2 aromatic heterocycles. The van der Waals surface area contributed by atoms with E-state index in [1.54, 1.807) is 18.9 Å². The van der Waals surface area contributed by atoms with Gasteiger partial charge in [0.05, 0.1) is 38.2 Å². The average Bonchev–Trinajstić information content (AvgIpc) is 3.38. The molecule has 1 aliphatic carbocycles. The second-order valence-corrected chi connectivity index (χ2v) is 10.7. The van der Waals surface area contributed by atoms with Gasteiger partial charge in [-0.3, -0.25) is 9.36 Å². The summed E-state index contributed by atoms with van der Waals surface area (Å²) in [7, 11) is 1.71. The highest BCUT2D eigenvalue weighted by Gasteiger charge is 2.24. The van der Waals surface area contributed by atoms with Crippen molar-refractivity contribution >= 4 is 24.4 Å². The number of nitrogens with zero attached hydrogens (tertiary/aromatic N) is 4. The summed E-state index contributed by atoms with van der Waals surface area (Å²) in [5.41, 5.74) is 4.29. The van der Waals surface area contributed by atoms with Crippen molar-refractivity contribution in [1.29, 1.82) is 0 Å². The number of thioether (sulfide) groups is 1. The number of ether oxygens (including phenoxy) is 2. The lowest BCUT2D eigenvalue weighted by Crippen LogP contribution is -2.06. The highest BCUT2D eigenvalue weighted by atomic mass is 32.2. The van der Waals surface area contributed by atoms with Gasteiger partial charge in [0.2, 0.25) is 0 Å². The summed E-state index contributed by atoms with van der Waals surface area (Å²) in [5.74, 6) is 2.59. The number of aryl methyl sites for hydroxylation is 1. The molecule has 0 bridgehead atoms. The van der Waals surface area contributed by atoms with Crippen molar-refractivity contribution in [2.45, 2.75) is 55.2 Å². The molecular weight excluding hydrogens is 476 g/mol. The zero-order chi connectivity index (χ0) is 24.4. The van der Waals surface area contributed by atoms with Gasteiger partial charge in [-0.25, -0.2) is 0 Å². The van der Waals surface area contributed by atoms with Crippen LogP contribution in [0.5, 0.6) is 11.5 Å². The third-order valence-electron chi connectivity index (χ3n) is 5.83. The summed E-state index contributed by atoms with van der Waals surface area (Å²) < 4.78 is 15.6. The van der Waals surface area contributed by atoms with E-state index in [-0.39, 0.29) is 6.10 Å². The van der Waals surface area contributed by atoms with Gasteiger partial charge in [-0.2, -0.15) is 10.2 Å². The molecule has 0 amide bonds. The molecular formula is C27H30N4O2S2.